The summed E-state index contributed by atoms with van der Waals surface area (Å²) in [5.74, 6) is -0.291. The van der Waals surface area contributed by atoms with Gasteiger partial charge in [0.1, 0.15) is 35.7 Å². The normalized spacial score (nSPS) is 33.7. The molecule has 0 aromatic heterocycles. The molecule has 1 N–H and O–H groups in total. The molecule has 34 heavy (non-hydrogen) atoms. The fraction of sp³-hybridized carbons (Fsp3) is 0.615. The number of esters is 2. The fourth-order valence-corrected chi connectivity index (χ4v) is 5.26. The average Bonchev–Trinajstić information content (AvgIpc) is 3.70. The van der Waals surface area contributed by atoms with Crippen LogP contribution in [0.5, 0.6) is 5.75 Å². The van der Waals surface area contributed by atoms with Crippen molar-refractivity contribution in [2.75, 3.05) is 25.6 Å². The molecule has 1 aromatic carbocycles. The summed E-state index contributed by atoms with van der Waals surface area (Å²) in [5.41, 5.74) is 1.38. The fourth-order valence-electron chi connectivity index (χ4n) is 5.26. The summed E-state index contributed by atoms with van der Waals surface area (Å²) in [7, 11) is 1.67. The molecule has 2 saturated heterocycles. The number of hydrogen-bond donors (Lipinski definition) is 1. The summed E-state index contributed by atoms with van der Waals surface area (Å²) in [6.07, 6.45) is 3.99. The first-order valence-corrected chi connectivity index (χ1v) is 11.9. The van der Waals surface area contributed by atoms with Crippen molar-refractivity contribution in [3.8, 4) is 5.75 Å². The summed E-state index contributed by atoms with van der Waals surface area (Å²) in [4.78, 5) is 23.7. The van der Waals surface area contributed by atoms with Crippen molar-refractivity contribution in [2.45, 2.75) is 76.5 Å². The van der Waals surface area contributed by atoms with E-state index < -0.39 is 0 Å². The lowest BCUT2D eigenvalue weighted by atomic mass is 9.68. The number of epoxide rings is 2. The summed E-state index contributed by atoms with van der Waals surface area (Å²) in [6.45, 7) is 8.35. The van der Waals surface area contributed by atoms with Crippen LogP contribution in [0.3, 0.4) is 0 Å². The minimum Gasteiger partial charge on any atom is -0.458 e. The van der Waals surface area contributed by atoms with E-state index in [1.54, 1.807) is 31.4 Å². The summed E-state index contributed by atoms with van der Waals surface area (Å²) >= 11 is 0. The molecule has 1 aliphatic carbocycles. The highest BCUT2D eigenvalue weighted by Gasteiger charge is 2.72. The Morgan fingerprint density at radius 1 is 1.21 bits per heavy atom. The van der Waals surface area contributed by atoms with Gasteiger partial charge in [0.25, 0.3) is 0 Å². The number of rotatable bonds is 9. The predicted octanol–water partition coefficient (Wildman–Crippen LogP) is 3.64. The maximum absolute atomic E-state index is 12.7. The molecule has 0 amide bonds. The van der Waals surface area contributed by atoms with Crippen molar-refractivity contribution >= 4 is 17.6 Å². The van der Waals surface area contributed by atoms with Crippen molar-refractivity contribution in [1.82, 2.24) is 0 Å². The van der Waals surface area contributed by atoms with E-state index in [1.807, 2.05) is 0 Å². The van der Waals surface area contributed by atoms with Crippen molar-refractivity contribution in [3.63, 3.8) is 0 Å². The van der Waals surface area contributed by atoms with Crippen LogP contribution in [0, 0.1) is 5.92 Å². The van der Waals surface area contributed by atoms with Crippen LogP contribution in [0.4, 0.5) is 5.69 Å². The molecule has 0 radical (unpaired) electrons. The molecule has 0 bridgehead atoms. The second-order valence-electron chi connectivity index (χ2n) is 9.88. The molecule has 4 rings (SSSR count). The first-order chi connectivity index (χ1) is 16.2. The van der Waals surface area contributed by atoms with Gasteiger partial charge in [0.15, 0.2) is 0 Å². The van der Waals surface area contributed by atoms with E-state index in [-0.39, 0.29) is 53.9 Å². The Labute approximate surface area is 200 Å². The van der Waals surface area contributed by atoms with Gasteiger partial charge in [-0.2, -0.15) is 0 Å². The minimum absolute atomic E-state index is 0.00566. The Morgan fingerprint density at radius 2 is 1.91 bits per heavy atom. The zero-order valence-electron chi connectivity index (χ0n) is 20.6. The highest BCUT2D eigenvalue weighted by molar-refractivity contribution is 5.75. The van der Waals surface area contributed by atoms with Crippen molar-refractivity contribution in [3.05, 3.63) is 35.9 Å². The van der Waals surface area contributed by atoms with Crippen LogP contribution in [-0.2, 0) is 28.5 Å². The number of benzene rings is 1. The molecule has 3 aliphatic rings. The molecule has 6 atom stereocenters. The maximum atomic E-state index is 12.7. The third kappa shape index (κ3) is 5.29. The van der Waals surface area contributed by atoms with Gasteiger partial charge in [-0.25, -0.2) is 0 Å². The van der Waals surface area contributed by atoms with Crippen molar-refractivity contribution < 1.29 is 33.3 Å². The molecule has 186 valence electrons. The number of anilines is 1. The lowest BCUT2D eigenvalue weighted by molar-refractivity contribution is -0.170. The summed E-state index contributed by atoms with van der Waals surface area (Å²) in [6, 6.07) is 6.82. The quantitative estimate of drug-likeness (QED) is 0.251. The monoisotopic (exact) mass is 473 g/mol. The molecule has 1 saturated carbocycles. The first-order valence-electron chi connectivity index (χ1n) is 11.9. The molecule has 2 aliphatic heterocycles. The topological polar surface area (TPSA) is 98.9 Å². The van der Waals surface area contributed by atoms with Crippen LogP contribution >= 0.6 is 0 Å². The first kappa shape index (κ1) is 24.7. The van der Waals surface area contributed by atoms with E-state index in [9.17, 15) is 9.59 Å². The number of ether oxygens (including phenoxy) is 5. The van der Waals surface area contributed by atoms with Gasteiger partial charge in [0.2, 0.25) is 0 Å². The number of carbonyl (C=O) groups is 2. The van der Waals surface area contributed by atoms with E-state index in [4.69, 9.17) is 23.7 Å². The Bertz CT molecular complexity index is 935. The van der Waals surface area contributed by atoms with Gasteiger partial charge in [-0.05, 0) is 64.3 Å². The number of hydrogen-bond acceptors (Lipinski definition) is 8. The lowest BCUT2D eigenvalue weighted by Gasteiger charge is -2.42. The van der Waals surface area contributed by atoms with Crippen LogP contribution in [0.2, 0.25) is 0 Å². The third-order valence-electron chi connectivity index (χ3n) is 7.07. The molecule has 8 heteroatoms. The zero-order chi connectivity index (χ0) is 24.5. The number of methoxy groups -OCH3 is 1. The Balaban J connectivity index is 1.36. The Kier molecular flexibility index (Phi) is 7.03. The largest absolute Gasteiger partial charge is 0.458 e. The number of allylic oxidation sites excluding steroid dienone is 1. The van der Waals surface area contributed by atoms with Gasteiger partial charge in [0, 0.05) is 19.7 Å². The highest BCUT2D eigenvalue weighted by Crippen LogP contribution is 2.59. The van der Waals surface area contributed by atoms with E-state index in [0.29, 0.717) is 18.8 Å². The molecule has 1 spiro atoms. The third-order valence-corrected chi connectivity index (χ3v) is 7.07. The lowest BCUT2D eigenvalue weighted by Crippen LogP contribution is -2.55. The maximum Gasteiger partial charge on any atom is 0.325 e. The van der Waals surface area contributed by atoms with Gasteiger partial charge < -0.3 is 29.0 Å². The van der Waals surface area contributed by atoms with Gasteiger partial charge in [-0.3, -0.25) is 9.59 Å². The standard InChI is InChI=1S/C26H35NO7/c1-16(2)6-11-21-25(4,34-21)24-23(30-5)20(12-13-26(24)15-31-26)33-22(29)14-27-18-7-9-19(10-8-18)32-17(3)28/h6-10,20-21,23-24,27H,11-15H2,1-5H3. The van der Waals surface area contributed by atoms with Crippen LogP contribution in [0.1, 0.15) is 47.0 Å². The van der Waals surface area contributed by atoms with E-state index in [0.717, 1.165) is 18.5 Å². The molecule has 3 fully saturated rings. The van der Waals surface area contributed by atoms with Gasteiger partial charge in [-0.1, -0.05) is 11.6 Å². The Morgan fingerprint density at radius 3 is 2.50 bits per heavy atom. The predicted molar refractivity (Wildman–Crippen MR) is 126 cm³/mol. The highest BCUT2D eigenvalue weighted by atomic mass is 16.6. The van der Waals surface area contributed by atoms with Crippen LogP contribution in [0.15, 0.2) is 35.9 Å². The number of nitrogens with one attached hydrogen (secondary N) is 1. The van der Waals surface area contributed by atoms with Crippen LogP contribution in [-0.4, -0.2) is 61.7 Å². The number of carbonyl (C=O) groups excluding carboxylic acids is 2. The van der Waals surface area contributed by atoms with Gasteiger partial charge in [-0.15, -0.1) is 0 Å². The van der Waals surface area contributed by atoms with Crippen LogP contribution in [0.25, 0.3) is 0 Å². The van der Waals surface area contributed by atoms with Crippen molar-refractivity contribution in [2.24, 2.45) is 5.92 Å². The molecular weight excluding hydrogens is 438 g/mol. The van der Waals surface area contributed by atoms with E-state index in [2.05, 4.69) is 32.2 Å². The van der Waals surface area contributed by atoms with E-state index in [1.165, 1.54) is 12.5 Å². The smallest absolute Gasteiger partial charge is 0.325 e. The Hall–Kier alpha value is -2.42. The SMILES string of the molecule is COC1C(OC(=O)CNc2ccc(OC(C)=O)cc2)CCC2(CO2)C1C1(C)OC1CC=C(C)C. The van der Waals surface area contributed by atoms with Crippen LogP contribution < -0.4 is 10.1 Å². The molecule has 1 aromatic rings. The molecule has 2 heterocycles. The minimum atomic E-state index is -0.380. The summed E-state index contributed by atoms with van der Waals surface area (Å²) in [5, 5.41) is 3.05. The van der Waals surface area contributed by atoms with E-state index >= 15 is 0 Å². The second kappa shape index (κ2) is 9.68. The van der Waals surface area contributed by atoms with Gasteiger partial charge in [0.05, 0.1) is 18.6 Å². The summed E-state index contributed by atoms with van der Waals surface area (Å²) < 4.78 is 29.0. The molecule has 8 nitrogen and oxygen atoms in total. The van der Waals surface area contributed by atoms with Gasteiger partial charge >= 0.3 is 11.9 Å². The average molecular weight is 474 g/mol. The molecule has 6 unspecified atom stereocenters. The second-order valence-corrected chi connectivity index (χ2v) is 9.88. The van der Waals surface area contributed by atoms with Crippen molar-refractivity contribution in [1.29, 1.82) is 0 Å². The molecular formula is C26H35NO7. The zero-order valence-corrected chi connectivity index (χ0v) is 20.6.